The fourth-order valence-corrected chi connectivity index (χ4v) is 10.7. The summed E-state index contributed by atoms with van der Waals surface area (Å²) in [4.78, 5) is 3.87. The quantitative estimate of drug-likeness (QED) is 0.160. The molecule has 1 aliphatic carbocycles. The zero-order chi connectivity index (χ0) is 40.3. The van der Waals surface area contributed by atoms with Crippen LogP contribution < -0.4 is 4.90 Å². The van der Waals surface area contributed by atoms with Gasteiger partial charge in [0.2, 0.25) is 0 Å². The first-order valence-electron chi connectivity index (χ1n) is 21.0. The first-order chi connectivity index (χ1) is 30.2. The normalized spacial score (nSPS) is 12.4. The van der Waals surface area contributed by atoms with Gasteiger partial charge in [-0.25, -0.2) is 0 Å². The van der Waals surface area contributed by atoms with Gasteiger partial charge in [0.15, 0.2) is 0 Å². The van der Waals surface area contributed by atoms with Crippen molar-refractivity contribution in [3.05, 3.63) is 217 Å². The number of thiophene rings is 1. The molecule has 61 heavy (non-hydrogen) atoms. The lowest BCUT2D eigenvalue weighted by Crippen LogP contribution is -2.10. The van der Waals surface area contributed by atoms with Crippen molar-refractivity contribution in [2.45, 2.75) is 12.8 Å². The first-order valence-corrected chi connectivity index (χ1v) is 21.9. The van der Waals surface area contributed by atoms with Crippen LogP contribution in [0.5, 0.6) is 0 Å². The summed E-state index contributed by atoms with van der Waals surface area (Å²) in [6.45, 7) is 0. The zero-order valence-corrected chi connectivity index (χ0v) is 34.2. The highest BCUT2D eigenvalue weighted by Gasteiger charge is 2.20. The maximum Gasteiger partial charge on any atom is 0.143 e. The molecule has 0 N–H and O–H groups in total. The summed E-state index contributed by atoms with van der Waals surface area (Å²) in [6, 6.07) is 72.4. The van der Waals surface area contributed by atoms with Gasteiger partial charge in [-0.15, -0.1) is 11.3 Å². The second kappa shape index (κ2) is 14.7. The second-order valence-corrected chi connectivity index (χ2v) is 17.0. The molecule has 0 unspecified atom stereocenters. The second-order valence-electron chi connectivity index (χ2n) is 15.9. The van der Waals surface area contributed by atoms with E-state index in [1.165, 1.54) is 59.3 Å². The monoisotopic (exact) mass is 797 g/mol. The highest BCUT2D eigenvalue weighted by atomic mass is 32.1. The van der Waals surface area contributed by atoms with E-state index in [1.54, 1.807) is 0 Å². The number of fused-ring (bicyclic) bond motifs is 8. The molecule has 0 amide bonds. The molecular formula is C58H39NOS. The van der Waals surface area contributed by atoms with Crippen LogP contribution in [0.15, 0.2) is 211 Å². The lowest BCUT2D eigenvalue weighted by atomic mass is 9.95. The molecule has 0 fully saturated rings. The third kappa shape index (κ3) is 6.08. The van der Waals surface area contributed by atoms with Crippen LogP contribution in [-0.2, 0) is 6.42 Å². The largest absolute Gasteiger partial charge is 0.455 e. The molecule has 0 bridgehead atoms. The Hall–Kier alpha value is -7.46. The van der Waals surface area contributed by atoms with E-state index in [9.17, 15) is 0 Å². The Bertz CT molecular complexity index is 3450. The van der Waals surface area contributed by atoms with Crippen molar-refractivity contribution in [1.82, 2.24) is 0 Å². The van der Waals surface area contributed by atoms with Gasteiger partial charge >= 0.3 is 0 Å². The van der Waals surface area contributed by atoms with Crippen molar-refractivity contribution in [2.75, 3.05) is 4.90 Å². The number of nitrogens with zero attached hydrogens (tertiary/aromatic N) is 1. The van der Waals surface area contributed by atoms with Gasteiger partial charge in [-0.3, -0.25) is 0 Å². The standard InChI is InChI=1S/C58H39NOS/c1-3-14-38(15-4-1)42-18-11-19-45(36-42)59(44-34-30-41(31-35-44)47-24-13-26-52-49-21-9-10-27-55(49)61-58(47)52)43-32-28-40(29-33-43)46-23-12-25-51-54-37-53(39-16-5-2-6-17-39)48-20-7-8-22-50(48)57(54)60-56(46)51/h1-9,11-26,28-37H,10,27H2. The Morgan fingerprint density at radius 2 is 0.967 bits per heavy atom. The SMILES string of the molecule is C1=Cc2c(sc3c(-c4ccc(N(c5ccc(-c6cccc7c6oc6c8ccccc8c(-c8ccccc8)cc76)cc5)c5cccc(-c6ccccc6)c5)cc4)cccc23)CC1. The van der Waals surface area contributed by atoms with Crippen LogP contribution in [0.2, 0.25) is 0 Å². The number of hydrogen-bond donors (Lipinski definition) is 0. The molecule has 1 aliphatic rings. The van der Waals surface area contributed by atoms with E-state index in [-0.39, 0.29) is 0 Å². The lowest BCUT2D eigenvalue weighted by Gasteiger charge is -2.26. The number of benzene rings is 9. The molecular weight excluding hydrogens is 759 g/mol. The van der Waals surface area contributed by atoms with E-state index >= 15 is 0 Å². The molecule has 0 saturated heterocycles. The molecule has 9 aromatic carbocycles. The third-order valence-corrected chi connectivity index (χ3v) is 13.6. The maximum atomic E-state index is 6.90. The van der Waals surface area contributed by atoms with Crippen LogP contribution in [0.25, 0.3) is 93.4 Å². The van der Waals surface area contributed by atoms with E-state index < -0.39 is 0 Å². The molecule has 0 aliphatic heterocycles. The predicted molar refractivity (Wildman–Crippen MR) is 260 cm³/mol. The highest BCUT2D eigenvalue weighted by Crippen LogP contribution is 2.45. The molecule has 0 radical (unpaired) electrons. The minimum absolute atomic E-state index is 0.904. The smallest absolute Gasteiger partial charge is 0.143 e. The van der Waals surface area contributed by atoms with E-state index in [0.29, 0.717) is 0 Å². The number of rotatable bonds is 7. The summed E-state index contributed by atoms with van der Waals surface area (Å²) in [5.74, 6) is 0. The van der Waals surface area contributed by atoms with E-state index in [2.05, 4.69) is 217 Å². The number of aryl methyl sites for hydroxylation is 1. The molecule has 288 valence electrons. The van der Waals surface area contributed by atoms with Gasteiger partial charge in [0.05, 0.1) is 0 Å². The predicted octanol–water partition coefficient (Wildman–Crippen LogP) is 17.1. The van der Waals surface area contributed by atoms with E-state index in [0.717, 1.165) is 68.4 Å². The van der Waals surface area contributed by atoms with Gasteiger partial charge in [0, 0.05) is 53.7 Å². The van der Waals surface area contributed by atoms with Crippen LogP contribution in [0.3, 0.4) is 0 Å². The Morgan fingerprint density at radius 3 is 1.72 bits per heavy atom. The molecule has 2 heterocycles. The molecule has 2 aromatic heterocycles. The minimum atomic E-state index is 0.904. The lowest BCUT2D eigenvalue weighted by molar-refractivity contribution is 0.674. The third-order valence-electron chi connectivity index (χ3n) is 12.3. The summed E-state index contributed by atoms with van der Waals surface area (Å²) in [5, 5.41) is 5.93. The van der Waals surface area contributed by atoms with Crippen molar-refractivity contribution in [2.24, 2.45) is 0 Å². The minimum Gasteiger partial charge on any atom is -0.455 e. The summed E-state index contributed by atoms with van der Waals surface area (Å²) >= 11 is 1.96. The molecule has 0 spiro atoms. The molecule has 11 aromatic rings. The average Bonchev–Trinajstić information content (AvgIpc) is 3.92. The van der Waals surface area contributed by atoms with Gasteiger partial charge in [0.1, 0.15) is 11.2 Å². The Kier molecular flexibility index (Phi) is 8.53. The van der Waals surface area contributed by atoms with Gasteiger partial charge < -0.3 is 9.32 Å². The van der Waals surface area contributed by atoms with Crippen LogP contribution in [0.4, 0.5) is 17.1 Å². The van der Waals surface area contributed by atoms with Gasteiger partial charge in [-0.05, 0) is 105 Å². The van der Waals surface area contributed by atoms with Crippen molar-refractivity contribution >= 4 is 77.3 Å². The average molecular weight is 798 g/mol. The van der Waals surface area contributed by atoms with Gasteiger partial charge in [-0.1, -0.05) is 170 Å². The first kappa shape index (κ1) is 35.5. The fourth-order valence-electron chi connectivity index (χ4n) is 9.39. The summed E-state index contributed by atoms with van der Waals surface area (Å²) in [6.07, 6.45) is 6.87. The van der Waals surface area contributed by atoms with Crippen molar-refractivity contribution < 1.29 is 4.42 Å². The molecule has 12 rings (SSSR count). The Balaban J connectivity index is 0.961. The summed E-state index contributed by atoms with van der Waals surface area (Å²) in [5.41, 5.74) is 16.0. The molecule has 0 saturated carbocycles. The number of anilines is 3. The number of furan rings is 1. The van der Waals surface area contributed by atoms with E-state index in [1.807, 2.05) is 11.3 Å². The zero-order valence-electron chi connectivity index (χ0n) is 33.4. The number of hydrogen-bond acceptors (Lipinski definition) is 3. The van der Waals surface area contributed by atoms with Crippen LogP contribution >= 0.6 is 11.3 Å². The van der Waals surface area contributed by atoms with Crippen molar-refractivity contribution in [3.8, 4) is 44.5 Å². The summed E-state index contributed by atoms with van der Waals surface area (Å²) in [7, 11) is 0. The fraction of sp³-hybridized carbons (Fsp3) is 0.0345. The van der Waals surface area contributed by atoms with Crippen molar-refractivity contribution in [1.29, 1.82) is 0 Å². The maximum absolute atomic E-state index is 6.90. The van der Waals surface area contributed by atoms with Crippen LogP contribution in [-0.4, -0.2) is 0 Å². The van der Waals surface area contributed by atoms with Crippen LogP contribution in [0, 0.1) is 0 Å². The Labute approximate surface area is 358 Å². The molecule has 2 nitrogen and oxygen atoms in total. The number of para-hydroxylation sites is 1. The molecule has 3 heteroatoms. The topological polar surface area (TPSA) is 16.4 Å². The van der Waals surface area contributed by atoms with Crippen LogP contribution in [0.1, 0.15) is 16.9 Å². The Morgan fingerprint density at radius 1 is 0.393 bits per heavy atom. The van der Waals surface area contributed by atoms with Gasteiger partial charge in [-0.2, -0.15) is 0 Å². The highest BCUT2D eigenvalue weighted by molar-refractivity contribution is 7.20. The van der Waals surface area contributed by atoms with E-state index in [4.69, 9.17) is 4.42 Å². The van der Waals surface area contributed by atoms with Crippen molar-refractivity contribution in [3.63, 3.8) is 0 Å². The summed E-state index contributed by atoms with van der Waals surface area (Å²) < 4.78 is 8.27. The number of allylic oxidation sites excluding steroid dienone is 1. The van der Waals surface area contributed by atoms with Gasteiger partial charge in [0.25, 0.3) is 0 Å². The molecule has 0 atom stereocenters.